The van der Waals surface area contributed by atoms with Crippen molar-refractivity contribution in [1.29, 1.82) is 0 Å². The third kappa shape index (κ3) is 4.31. The van der Waals surface area contributed by atoms with Gasteiger partial charge in [-0.2, -0.15) is 0 Å². The number of ether oxygens (including phenoxy) is 1. The van der Waals surface area contributed by atoms with Gasteiger partial charge in [-0.05, 0) is 32.6 Å². The van der Waals surface area contributed by atoms with Gasteiger partial charge in [0, 0.05) is 12.0 Å². The Morgan fingerprint density at radius 2 is 1.66 bits per heavy atom. The molecular formula is C23H17N5O7. The van der Waals surface area contributed by atoms with E-state index in [4.69, 9.17) is 14.4 Å². The summed E-state index contributed by atoms with van der Waals surface area (Å²) in [5.41, 5.74) is 3.72. The fraction of sp³-hybridized carbons (Fsp3) is 0.130. The summed E-state index contributed by atoms with van der Waals surface area (Å²) in [5, 5.41) is 24.1. The molecule has 12 nitrogen and oxygen atoms in total. The van der Waals surface area contributed by atoms with E-state index in [0.717, 1.165) is 22.3 Å². The van der Waals surface area contributed by atoms with Crippen LogP contribution in [0, 0.1) is 0 Å². The third-order valence-electron chi connectivity index (χ3n) is 5.47. The molecule has 0 spiro atoms. The number of carboxylic acids is 1. The van der Waals surface area contributed by atoms with Crippen molar-refractivity contribution in [3.8, 4) is 11.1 Å². The zero-order valence-corrected chi connectivity index (χ0v) is 17.9. The molecule has 0 atom stereocenters. The van der Waals surface area contributed by atoms with Crippen LogP contribution in [-0.2, 0) is 11.3 Å². The van der Waals surface area contributed by atoms with Crippen molar-refractivity contribution in [2.75, 3.05) is 11.9 Å². The number of aromatic carboxylic acids is 1. The lowest BCUT2D eigenvalue weighted by atomic mass is 9.98. The van der Waals surface area contributed by atoms with Crippen LogP contribution >= 0.6 is 0 Å². The Labute approximate surface area is 196 Å². The van der Waals surface area contributed by atoms with E-state index in [1.807, 2.05) is 48.5 Å². The van der Waals surface area contributed by atoms with Crippen LogP contribution < -0.4 is 10.6 Å². The predicted molar refractivity (Wildman–Crippen MR) is 118 cm³/mol. The molecule has 0 aliphatic heterocycles. The fourth-order valence-corrected chi connectivity index (χ4v) is 3.90. The number of carbonyl (C=O) groups excluding carboxylic acids is 2. The largest absolute Gasteiger partial charge is 0.476 e. The van der Waals surface area contributed by atoms with E-state index in [2.05, 4.69) is 30.7 Å². The SMILES string of the molecule is O=C(Nc1nonc1C(=O)NCc1cc(C(=O)O)no1)OCC1c2ccccc2-c2ccccc21. The number of aromatic nitrogens is 3. The van der Waals surface area contributed by atoms with E-state index in [1.54, 1.807) is 0 Å². The smallest absolute Gasteiger partial charge is 0.412 e. The molecule has 3 N–H and O–H groups in total. The molecule has 1 aliphatic carbocycles. The van der Waals surface area contributed by atoms with Crippen LogP contribution in [0.1, 0.15) is 43.8 Å². The summed E-state index contributed by atoms with van der Waals surface area (Å²) in [4.78, 5) is 35.7. The van der Waals surface area contributed by atoms with E-state index < -0.39 is 18.0 Å². The first kappa shape index (κ1) is 21.8. The second-order valence-corrected chi connectivity index (χ2v) is 7.58. The van der Waals surface area contributed by atoms with Crippen LogP contribution in [0.5, 0.6) is 0 Å². The number of carboxylic acid groups (broad SMARTS) is 1. The van der Waals surface area contributed by atoms with Crippen molar-refractivity contribution in [2.24, 2.45) is 0 Å². The van der Waals surface area contributed by atoms with E-state index in [-0.39, 0.29) is 42.0 Å². The first-order valence-corrected chi connectivity index (χ1v) is 10.4. The summed E-state index contributed by atoms with van der Waals surface area (Å²) in [6.07, 6.45) is -0.835. The van der Waals surface area contributed by atoms with Crippen LogP contribution in [0.3, 0.4) is 0 Å². The second-order valence-electron chi connectivity index (χ2n) is 7.58. The van der Waals surface area contributed by atoms with Gasteiger partial charge in [-0.3, -0.25) is 10.1 Å². The minimum atomic E-state index is -1.26. The van der Waals surface area contributed by atoms with Gasteiger partial charge in [-0.25, -0.2) is 14.2 Å². The zero-order chi connectivity index (χ0) is 24.4. The van der Waals surface area contributed by atoms with Crippen LogP contribution in [0.25, 0.3) is 11.1 Å². The lowest BCUT2D eigenvalue weighted by molar-refractivity contribution is 0.0685. The first-order chi connectivity index (χ1) is 17.0. The molecule has 35 heavy (non-hydrogen) atoms. The third-order valence-corrected chi connectivity index (χ3v) is 5.47. The standard InChI is InChI=1S/C23H17N5O7/c29-21(24-10-12-9-18(22(30)31)26-34-12)19-20(28-35-27-19)25-23(32)33-11-17-15-7-3-1-5-13(15)14-6-2-4-8-16(14)17/h1-9,17H,10-11H2,(H,24,29)(H,30,31)(H,25,28,32). The quantitative estimate of drug-likeness (QED) is 0.361. The van der Waals surface area contributed by atoms with Crippen LogP contribution in [0.2, 0.25) is 0 Å². The predicted octanol–water partition coefficient (Wildman–Crippen LogP) is 3.05. The summed E-state index contributed by atoms with van der Waals surface area (Å²) in [6, 6.07) is 17.0. The molecule has 2 amide bonds. The molecule has 0 radical (unpaired) electrons. The lowest BCUT2D eigenvalue weighted by Crippen LogP contribution is -2.25. The van der Waals surface area contributed by atoms with Crippen molar-refractivity contribution < 1.29 is 33.4 Å². The highest BCUT2D eigenvalue weighted by Crippen LogP contribution is 2.44. The minimum Gasteiger partial charge on any atom is -0.476 e. The number of nitrogens with zero attached hydrogens (tertiary/aromatic N) is 3. The molecule has 12 heteroatoms. The van der Waals surface area contributed by atoms with Gasteiger partial charge in [0.05, 0.1) is 6.54 Å². The van der Waals surface area contributed by atoms with Crippen molar-refractivity contribution in [3.63, 3.8) is 0 Å². The summed E-state index contributed by atoms with van der Waals surface area (Å²) < 4.78 is 14.8. The van der Waals surface area contributed by atoms with Gasteiger partial charge >= 0.3 is 12.1 Å². The molecule has 0 saturated carbocycles. The van der Waals surface area contributed by atoms with Crippen molar-refractivity contribution in [1.82, 2.24) is 20.8 Å². The number of fused-ring (bicyclic) bond motifs is 3. The van der Waals surface area contributed by atoms with Gasteiger partial charge in [0.1, 0.15) is 6.61 Å². The number of anilines is 1. The maximum Gasteiger partial charge on any atom is 0.412 e. The lowest BCUT2D eigenvalue weighted by Gasteiger charge is -2.14. The summed E-state index contributed by atoms with van der Waals surface area (Å²) in [7, 11) is 0. The molecule has 0 bridgehead atoms. The summed E-state index contributed by atoms with van der Waals surface area (Å²) in [6.45, 7) is -0.0968. The Morgan fingerprint density at radius 3 is 2.31 bits per heavy atom. The Balaban J connectivity index is 1.20. The average Bonchev–Trinajstić information content (AvgIpc) is 3.59. The highest BCUT2D eigenvalue weighted by Gasteiger charge is 2.29. The number of carbonyl (C=O) groups is 3. The number of hydrogen-bond donors (Lipinski definition) is 3. The van der Waals surface area contributed by atoms with E-state index in [0.29, 0.717) is 0 Å². The molecule has 2 heterocycles. The number of benzene rings is 2. The van der Waals surface area contributed by atoms with Crippen LogP contribution in [0.4, 0.5) is 10.6 Å². The minimum absolute atomic E-state index is 0.0735. The van der Waals surface area contributed by atoms with Gasteiger partial charge in [-0.15, -0.1) is 0 Å². The monoisotopic (exact) mass is 475 g/mol. The van der Waals surface area contributed by atoms with Gasteiger partial charge < -0.3 is 19.7 Å². The number of rotatable bonds is 7. The number of amides is 2. The maximum absolute atomic E-state index is 12.5. The maximum atomic E-state index is 12.5. The average molecular weight is 475 g/mol. The molecule has 0 unspecified atom stereocenters. The molecule has 0 saturated heterocycles. The van der Waals surface area contributed by atoms with Gasteiger partial charge in [0.15, 0.2) is 11.5 Å². The van der Waals surface area contributed by atoms with Crippen molar-refractivity contribution in [2.45, 2.75) is 12.5 Å². The molecule has 0 fully saturated rings. The number of hydrogen-bond acceptors (Lipinski definition) is 9. The molecule has 4 aromatic rings. The molecule has 2 aromatic heterocycles. The molecule has 2 aromatic carbocycles. The van der Waals surface area contributed by atoms with Crippen LogP contribution in [0.15, 0.2) is 63.7 Å². The Bertz CT molecular complexity index is 1380. The van der Waals surface area contributed by atoms with Crippen LogP contribution in [-0.4, -0.2) is 45.2 Å². The van der Waals surface area contributed by atoms with E-state index in [1.165, 1.54) is 6.07 Å². The molecule has 176 valence electrons. The first-order valence-electron chi connectivity index (χ1n) is 10.4. The Hall–Kier alpha value is -5.00. The van der Waals surface area contributed by atoms with Crippen molar-refractivity contribution >= 4 is 23.8 Å². The summed E-state index contributed by atoms with van der Waals surface area (Å²) in [5.74, 6) is -2.26. The number of nitrogens with one attached hydrogen (secondary N) is 2. The Kier molecular flexibility index (Phi) is 5.67. The zero-order valence-electron chi connectivity index (χ0n) is 17.9. The molecule has 5 rings (SSSR count). The van der Waals surface area contributed by atoms with Gasteiger partial charge in [0.2, 0.25) is 11.5 Å². The molecular weight excluding hydrogens is 458 g/mol. The second kappa shape index (κ2) is 9.09. The topological polar surface area (TPSA) is 170 Å². The Morgan fingerprint density at radius 1 is 0.971 bits per heavy atom. The highest BCUT2D eigenvalue weighted by molar-refractivity contribution is 5.99. The van der Waals surface area contributed by atoms with E-state index >= 15 is 0 Å². The van der Waals surface area contributed by atoms with Crippen molar-refractivity contribution in [3.05, 3.63) is 82.9 Å². The molecule has 1 aliphatic rings. The van der Waals surface area contributed by atoms with Gasteiger partial charge in [0.25, 0.3) is 5.91 Å². The van der Waals surface area contributed by atoms with E-state index in [9.17, 15) is 14.4 Å². The summed E-state index contributed by atoms with van der Waals surface area (Å²) >= 11 is 0. The normalized spacial score (nSPS) is 12.0. The highest BCUT2D eigenvalue weighted by atomic mass is 16.6. The van der Waals surface area contributed by atoms with Gasteiger partial charge in [-0.1, -0.05) is 53.7 Å². The fourth-order valence-electron chi connectivity index (χ4n) is 3.90.